The molecule has 2 aromatic heterocycles. The Morgan fingerprint density at radius 2 is 1.69 bits per heavy atom. The number of hydrogen-bond donors (Lipinski definition) is 2. The molecular formula is C27H28N2O7. The molecule has 0 radical (unpaired) electrons. The van der Waals surface area contributed by atoms with Gasteiger partial charge in [0.1, 0.15) is 28.5 Å². The first-order valence-corrected chi connectivity index (χ1v) is 11.2. The van der Waals surface area contributed by atoms with Gasteiger partial charge in [-0.05, 0) is 36.4 Å². The minimum Gasteiger partial charge on any atom is -0.496 e. The molecule has 0 aliphatic heterocycles. The molecule has 9 nitrogen and oxygen atoms in total. The normalized spacial score (nSPS) is 11.8. The van der Waals surface area contributed by atoms with Crippen LogP contribution in [0.4, 0.5) is 0 Å². The van der Waals surface area contributed by atoms with Gasteiger partial charge in [-0.2, -0.15) is 0 Å². The first kappa shape index (κ1) is 25.0. The van der Waals surface area contributed by atoms with Crippen LogP contribution in [0.3, 0.4) is 0 Å². The van der Waals surface area contributed by atoms with Gasteiger partial charge in [-0.15, -0.1) is 0 Å². The molecule has 9 heteroatoms. The number of carbonyl (C=O) groups is 1. The van der Waals surface area contributed by atoms with E-state index in [1.165, 1.54) is 7.11 Å². The Kier molecular flexibility index (Phi) is 7.72. The molecule has 0 spiro atoms. The number of rotatable bonds is 10. The fraction of sp³-hybridized carbons (Fsp3) is 0.259. The molecule has 0 saturated heterocycles. The number of aromatic nitrogens is 1. The highest BCUT2D eigenvalue weighted by molar-refractivity contribution is 5.98. The maximum atomic E-state index is 12.7. The average Bonchev–Trinajstić information content (AvgIpc) is 3.35. The second kappa shape index (κ2) is 11.1. The standard InChI is InChI=1S/C27H28N2O7/c1-32-15-17(30)14-29-27(31)16-8-9-21(33-2)19(12-16)24-13-20-26(36-24)18(10-11-28-20)25-22(34-3)6-5-7-23(25)35-4/h5-13,17,30H,14-15H2,1-4H3,(H,29,31). The Balaban J connectivity index is 1.77. The van der Waals surface area contributed by atoms with Crippen molar-refractivity contribution in [3.63, 3.8) is 0 Å². The van der Waals surface area contributed by atoms with Crippen LogP contribution in [0.25, 0.3) is 33.6 Å². The van der Waals surface area contributed by atoms with Crippen LogP contribution in [0.5, 0.6) is 17.2 Å². The van der Waals surface area contributed by atoms with Crippen molar-refractivity contribution in [3.05, 3.63) is 60.3 Å². The van der Waals surface area contributed by atoms with E-state index >= 15 is 0 Å². The van der Waals surface area contributed by atoms with E-state index < -0.39 is 6.10 Å². The van der Waals surface area contributed by atoms with Gasteiger partial charge in [-0.1, -0.05) is 6.07 Å². The summed E-state index contributed by atoms with van der Waals surface area (Å²) in [5, 5.41) is 12.5. The summed E-state index contributed by atoms with van der Waals surface area (Å²) in [6.07, 6.45) is 0.887. The zero-order valence-electron chi connectivity index (χ0n) is 20.5. The van der Waals surface area contributed by atoms with Crippen molar-refractivity contribution >= 4 is 17.0 Å². The van der Waals surface area contributed by atoms with Crippen molar-refractivity contribution < 1.29 is 33.3 Å². The SMILES string of the molecule is COCC(O)CNC(=O)c1ccc(OC)c(-c2cc3nccc(-c4c(OC)cccc4OC)c3o2)c1. The molecule has 1 atom stereocenters. The summed E-state index contributed by atoms with van der Waals surface area (Å²) >= 11 is 0. The smallest absolute Gasteiger partial charge is 0.251 e. The molecule has 1 unspecified atom stereocenters. The Labute approximate surface area is 208 Å². The van der Waals surface area contributed by atoms with Crippen LogP contribution in [0.1, 0.15) is 10.4 Å². The summed E-state index contributed by atoms with van der Waals surface area (Å²) in [6.45, 7) is 0.187. The van der Waals surface area contributed by atoms with Crippen molar-refractivity contribution in [1.29, 1.82) is 0 Å². The number of furan rings is 1. The number of carbonyl (C=O) groups excluding carboxylic acids is 1. The van der Waals surface area contributed by atoms with E-state index in [-0.39, 0.29) is 19.1 Å². The van der Waals surface area contributed by atoms with Crippen LogP contribution in [-0.4, -0.2) is 63.7 Å². The molecule has 0 aliphatic rings. The number of methoxy groups -OCH3 is 4. The number of aliphatic hydroxyl groups excluding tert-OH is 1. The summed E-state index contributed by atoms with van der Waals surface area (Å²) in [6, 6.07) is 14.2. The number of ether oxygens (including phenoxy) is 4. The fourth-order valence-corrected chi connectivity index (χ4v) is 3.99. The van der Waals surface area contributed by atoms with Crippen molar-refractivity contribution in [3.8, 4) is 39.7 Å². The van der Waals surface area contributed by atoms with Crippen LogP contribution in [0.15, 0.2) is 59.1 Å². The lowest BCUT2D eigenvalue weighted by Crippen LogP contribution is -2.34. The lowest BCUT2D eigenvalue weighted by Gasteiger charge is -2.13. The predicted molar refractivity (Wildman–Crippen MR) is 135 cm³/mol. The molecule has 2 heterocycles. The molecule has 4 aromatic rings. The van der Waals surface area contributed by atoms with Crippen molar-refractivity contribution in [1.82, 2.24) is 10.3 Å². The molecular weight excluding hydrogens is 464 g/mol. The van der Waals surface area contributed by atoms with Gasteiger partial charge in [0, 0.05) is 37.0 Å². The van der Waals surface area contributed by atoms with Crippen molar-refractivity contribution in [2.75, 3.05) is 41.6 Å². The Morgan fingerprint density at radius 3 is 2.36 bits per heavy atom. The third-order valence-electron chi connectivity index (χ3n) is 5.69. The largest absolute Gasteiger partial charge is 0.496 e. The van der Waals surface area contributed by atoms with E-state index in [9.17, 15) is 9.90 Å². The summed E-state index contributed by atoms with van der Waals surface area (Å²) in [7, 11) is 6.23. The van der Waals surface area contributed by atoms with Gasteiger partial charge in [0.05, 0.1) is 45.2 Å². The second-order valence-corrected chi connectivity index (χ2v) is 7.96. The highest BCUT2D eigenvalue weighted by Crippen LogP contribution is 2.43. The molecule has 0 aliphatic carbocycles. The number of fused-ring (bicyclic) bond motifs is 1. The molecule has 36 heavy (non-hydrogen) atoms. The summed E-state index contributed by atoms with van der Waals surface area (Å²) < 4.78 is 27.9. The van der Waals surface area contributed by atoms with Gasteiger partial charge in [0.2, 0.25) is 0 Å². The first-order valence-electron chi connectivity index (χ1n) is 11.2. The molecule has 2 aromatic carbocycles. The molecule has 1 amide bonds. The zero-order valence-corrected chi connectivity index (χ0v) is 20.5. The summed E-state index contributed by atoms with van der Waals surface area (Å²) in [4.78, 5) is 17.2. The highest BCUT2D eigenvalue weighted by Gasteiger charge is 2.21. The topological polar surface area (TPSA) is 112 Å². The van der Waals surface area contributed by atoms with Crippen LogP contribution in [-0.2, 0) is 4.74 Å². The van der Waals surface area contributed by atoms with E-state index in [1.54, 1.807) is 51.8 Å². The maximum Gasteiger partial charge on any atom is 0.251 e. The van der Waals surface area contributed by atoms with Crippen molar-refractivity contribution in [2.45, 2.75) is 6.10 Å². The van der Waals surface area contributed by atoms with Gasteiger partial charge in [0.15, 0.2) is 5.58 Å². The number of benzene rings is 2. The van der Waals surface area contributed by atoms with Crippen LogP contribution in [0.2, 0.25) is 0 Å². The van der Waals surface area contributed by atoms with Gasteiger partial charge in [-0.3, -0.25) is 9.78 Å². The molecule has 0 fully saturated rings. The van der Waals surface area contributed by atoms with E-state index in [1.807, 2.05) is 24.3 Å². The number of aliphatic hydroxyl groups is 1. The van der Waals surface area contributed by atoms with Crippen LogP contribution >= 0.6 is 0 Å². The first-order chi connectivity index (χ1) is 17.5. The quantitative estimate of drug-likeness (QED) is 0.343. The van der Waals surface area contributed by atoms with E-state index in [0.717, 1.165) is 11.1 Å². The molecule has 2 N–H and O–H groups in total. The highest BCUT2D eigenvalue weighted by atomic mass is 16.5. The monoisotopic (exact) mass is 492 g/mol. The fourth-order valence-electron chi connectivity index (χ4n) is 3.99. The molecule has 0 bridgehead atoms. The second-order valence-electron chi connectivity index (χ2n) is 7.96. The number of pyridine rings is 1. The number of nitrogens with one attached hydrogen (secondary N) is 1. The van der Waals surface area contributed by atoms with Crippen molar-refractivity contribution in [2.24, 2.45) is 0 Å². The number of nitrogens with zero attached hydrogens (tertiary/aromatic N) is 1. The Morgan fingerprint density at radius 1 is 0.972 bits per heavy atom. The maximum absolute atomic E-state index is 12.7. The lowest BCUT2D eigenvalue weighted by atomic mass is 10.0. The van der Waals surface area contributed by atoms with E-state index in [0.29, 0.717) is 45.2 Å². The Bertz CT molecular complexity index is 1340. The van der Waals surface area contributed by atoms with E-state index in [4.69, 9.17) is 23.4 Å². The molecule has 0 saturated carbocycles. The molecule has 188 valence electrons. The van der Waals surface area contributed by atoms with Gasteiger partial charge in [0.25, 0.3) is 5.91 Å². The van der Waals surface area contributed by atoms with Gasteiger partial charge >= 0.3 is 0 Å². The minimum atomic E-state index is -0.802. The minimum absolute atomic E-state index is 0.0622. The Hall–Kier alpha value is -4.08. The summed E-state index contributed by atoms with van der Waals surface area (Å²) in [5.74, 6) is 1.92. The number of hydrogen-bond acceptors (Lipinski definition) is 8. The third-order valence-corrected chi connectivity index (χ3v) is 5.69. The van der Waals surface area contributed by atoms with Crippen LogP contribution in [0, 0.1) is 0 Å². The third kappa shape index (κ3) is 4.98. The van der Waals surface area contributed by atoms with Gasteiger partial charge < -0.3 is 33.8 Å². The lowest BCUT2D eigenvalue weighted by molar-refractivity contribution is 0.0610. The average molecular weight is 493 g/mol. The van der Waals surface area contributed by atoms with Gasteiger partial charge in [-0.25, -0.2) is 0 Å². The predicted octanol–water partition coefficient (Wildman–Crippen LogP) is 3.92. The summed E-state index contributed by atoms with van der Waals surface area (Å²) in [5.41, 5.74) is 3.62. The van der Waals surface area contributed by atoms with Crippen LogP contribution < -0.4 is 19.5 Å². The number of amides is 1. The molecule has 4 rings (SSSR count). The van der Waals surface area contributed by atoms with E-state index in [2.05, 4.69) is 10.3 Å². The zero-order chi connectivity index (χ0) is 25.7.